The van der Waals surface area contributed by atoms with Crippen LogP contribution in [-0.4, -0.2) is 17.6 Å². The maximum absolute atomic E-state index is 12.6. The Hall–Kier alpha value is -2.75. The highest BCUT2D eigenvalue weighted by Crippen LogP contribution is 2.29. The van der Waals surface area contributed by atoms with Crippen LogP contribution in [-0.2, 0) is 6.42 Å². The van der Waals surface area contributed by atoms with E-state index in [1.807, 2.05) is 25.1 Å². The fraction of sp³-hybridized carbons (Fsp3) is 0.167. The van der Waals surface area contributed by atoms with Crippen LogP contribution in [0.5, 0.6) is 0 Å². The van der Waals surface area contributed by atoms with Gasteiger partial charge < -0.3 is 0 Å². The molecule has 4 nitrogen and oxygen atoms in total. The van der Waals surface area contributed by atoms with Gasteiger partial charge in [0, 0.05) is 5.56 Å². The molecular formula is C18H15NO3. The largest absolute Gasteiger partial charge is 0.295 e. The van der Waals surface area contributed by atoms with Gasteiger partial charge >= 0.3 is 0 Å². The monoisotopic (exact) mass is 293 g/mol. The maximum Gasteiger partial charge on any atom is 0.266 e. The van der Waals surface area contributed by atoms with Gasteiger partial charge in [0.25, 0.3) is 11.8 Å². The third-order valence-corrected chi connectivity index (χ3v) is 3.87. The van der Waals surface area contributed by atoms with Crippen molar-refractivity contribution in [3.05, 3.63) is 64.7 Å². The van der Waals surface area contributed by atoms with Crippen molar-refractivity contribution in [1.82, 2.24) is 0 Å². The van der Waals surface area contributed by atoms with Crippen LogP contribution in [0.4, 0.5) is 5.69 Å². The lowest BCUT2D eigenvalue weighted by atomic mass is 10.0. The van der Waals surface area contributed by atoms with E-state index in [0.717, 1.165) is 12.0 Å². The number of nitrogens with zero attached hydrogens (tertiary/aromatic N) is 1. The molecule has 0 bridgehead atoms. The third-order valence-electron chi connectivity index (χ3n) is 3.87. The van der Waals surface area contributed by atoms with Crippen molar-refractivity contribution in [2.75, 3.05) is 4.90 Å². The van der Waals surface area contributed by atoms with Crippen molar-refractivity contribution >= 4 is 23.3 Å². The number of rotatable bonds is 3. The van der Waals surface area contributed by atoms with Crippen LogP contribution in [0, 0.1) is 0 Å². The van der Waals surface area contributed by atoms with E-state index in [1.54, 1.807) is 18.2 Å². The van der Waals surface area contributed by atoms with E-state index in [0.29, 0.717) is 22.4 Å². The minimum Gasteiger partial charge on any atom is -0.295 e. The Bertz CT molecular complexity index is 808. The summed E-state index contributed by atoms with van der Waals surface area (Å²) in [6.45, 7) is 3.45. The van der Waals surface area contributed by atoms with Gasteiger partial charge in [-0.25, -0.2) is 4.90 Å². The molecule has 3 rings (SSSR count). The number of carbonyl (C=O) groups is 3. The van der Waals surface area contributed by atoms with Crippen LogP contribution < -0.4 is 4.90 Å². The van der Waals surface area contributed by atoms with Crippen molar-refractivity contribution in [2.45, 2.75) is 20.3 Å². The molecule has 0 aliphatic carbocycles. The first kappa shape index (κ1) is 14.2. The standard InChI is InChI=1S/C18H15NO3/c1-3-12-5-4-6-14(9-12)19-17(21)15-8-7-13(11(2)20)10-16(15)18(19)22/h4-10H,3H2,1-2H3. The van der Waals surface area contributed by atoms with Crippen molar-refractivity contribution in [3.63, 3.8) is 0 Å². The highest BCUT2D eigenvalue weighted by atomic mass is 16.2. The topological polar surface area (TPSA) is 54.5 Å². The van der Waals surface area contributed by atoms with Gasteiger partial charge in [0.2, 0.25) is 0 Å². The molecule has 2 aromatic rings. The van der Waals surface area contributed by atoms with Crippen LogP contribution in [0.25, 0.3) is 0 Å². The molecule has 0 saturated carbocycles. The summed E-state index contributed by atoms with van der Waals surface area (Å²) in [7, 11) is 0. The molecule has 2 aromatic carbocycles. The number of benzene rings is 2. The molecule has 22 heavy (non-hydrogen) atoms. The average Bonchev–Trinajstić information content (AvgIpc) is 2.78. The first-order chi connectivity index (χ1) is 10.5. The minimum atomic E-state index is -0.378. The highest BCUT2D eigenvalue weighted by Gasteiger charge is 2.36. The molecule has 0 atom stereocenters. The molecule has 0 radical (unpaired) electrons. The summed E-state index contributed by atoms with van der Waals surface area (Å²) >= 11 is 0. The van der Waals surface area contributed by atoms with E-state index in [1.165, 1.54) is 17.9 Å². The quantitative estimate of drug-likeness (QED) is 0.644. The van der Waals surface area contributed by atoms with Gasteiger partial charge in [-0.2, -0.15) is 0 Å². The van der Waals surface area contributed by atoms with Crippen LogP contribution in [0.15, 0.2) is 42.5 Å². The van der Waals surface area contributed by atoms with Gasteiger partial charge in [0.15, 0.2) is 5.78 Å². The number of aryl methyl sites for hydroxylation is 1. The van der Waals surface area contributed by atoms with E-state index in [4.69, 9.17) is 0 Å². The predicted octanol–water partition coefficient (Wildman–Crippen LogP) is 3.25. The zero-order valence-corrected chi connectivity index (χ0v) is 12.4. The summed E-state index contributed by atoms with van der Waals surface area (Å²) in [6.07, 6.45) is 0.825. The normalized spacial score (nSPS) is 13.5. The number of amides is 2. The number of hydrogen-bond acceptors (Lipinski definition) is 3. The van der Waals surface area contributed by atoms with Crippen molar-refractivity contribution < 1.29 is 14.4 Å². The number of fused-ring (bicyclic) bond motifs is 1. The van der Waals surface area contributed by atoms with E-state index < -0.39 is 0 Å². The fourth-order valence-corrected chi connectivity index (χ4v) is 2.61. The highest BCUT2D eigenvalue weighted by molar-refractivity contribution is 6.34. The number of Topliss-reactive ketones (excluding diaryl/α,β-unsaturated/α-hetero) is 1. The summed E-state index contributed by atoms with van der Waals surface area (Å²) in [6, 6.07) is 12.0. The molecule has 1 heterocycles. The van der Waals surface area contributed by atoms with Gasteiger partial charge in [-0.05, 0) is 43.2 Å². The number of imide groups is 1. The Morgan fingerprint density at radius 1 is 1.00 bits per heavy atom. The van der Waals surface area contributed by atoms with Crippen LogP contribution in [0.2, 0.25) is 0 Å². The Morgan fingerprint density at radius 2 is 1.73 bits per heavy atom. The zero-order valence-electron chi connectivity index (χ0n) is 12.4. The lowest BCUT2D eigenvalue weighted by Gasteiger charge is -2.14. The molecular weight excluding hydrogens is 278 g/mol. The molecule has 2 amide bonds. The number of carbonyl (C=O) groups excluding carboxylic acids is 3. The smallest absolute Gasteiger partial charge is 0.266 e. The van der Waals surface area contributed by atoms with Crippen LogP contribution in [0.3, 0.4) is 0 Å². The average molecular weight is 293 g/mol. The van der Waals surface area contributed by atoms with Gasteiger partial charge in [0.1, 0.15) is 0 Å². The summed E-state index contributed by atoms with van der Waals surface area (Å²) in [5, 5.41) is 0. The van der Waals surface area contributed by atoms with Gasteiger partial charge in [-0.15, -0.1) is 0 Å². The first-order valence-electron chi connectivity index (χ1n) is 7.15. The Labute approximate surface area is 128 Å². The van der Waals surface area contributed by atoms with Crippen molar-refractivity contribution in [2.24, 2.45) is 0 Å². The Kier molecular flexibility index (Phi) is 3.37. The van der Waals surface area contributed by atoms with E-state index >= 15 is 0 Å². The third kappa shape index (κ3) is 2.13. The SMILES string of the molecule is CCc1cccc(N2C(=O)c3ccc(C(C)=O)cc3C2=O)c1. The first-order valence-corrected chi connectivity index (χ1v) is 7.15. The molecule has 0 unspecified atom stereocenters. The Balaban J connectivity index is 2.08. The molecule has 0 spiro atoms. The van der Waals surface area contributed by atoms with Crippen molar-refractivity contribution in [3.8, 4) is 0 Å². The number of hydrogen-bond donors (Lipinski definition) is 0. The summed E-state index contributed by atoms with van der Waals surface area (Å²) in [5.41, 5.74) is 2.69. The summed E-state index contributed by atoms with van der Waals surface area (Å²) < 4.78 is 0. The second-order valence-corrected chi connectivity index (χ2v) is 5.29. The summed E-state index contributed by atoms with van der Waals surface area (Å²) in [4.78, 5) is 37.7. The second kappa shape index (κ2) is 5.22. The fourth-order valence-electron chi connectivity index (χ4n) is 2.61. The molecule has 4 heteroatoms. The minimum absolute atomic E-state index is 0.130. The van der Waals surface area contributed by atoms with Crippen molar-refractivity contribution in [1.29, 1.82) is 0 Å². The Morgan fingerprint density at radius 3 is 2.41 bits per heavy atom. The maximum atomic E-state index is 12.6. The number of anilines is 1. The van der Waals surface area contributed by atoms with E-state index in [-0.39, 0.29) is 17.6 Å². The predicted molar refractivity (Wildman–Crippen MR) is 83.4 cm³/mol. The zero-order chi connectivity index (χ0) is 15.9. The van der Waals surface area contributed by atoms with Gasteiger partial charge in [-0.1, -0.05) is 25.1 Å². The number of ketones is 1. The van der Waals surface area contributed by atoms with Crippen LogP contribution in [0.1, 0.15) is 50.5 Å². The molecule has 1 aliphatic rings. The second-order valence-electron chi connectivity index (χ2n) is 5.29. The molecule has 0 aromatic heterocycles. The lowest BCUT2D eigenvalue weighted by molar-refractivity contribution is 0.0925. The van der Waals surface area contributed by atoms with Gasteiger partial charge in [-0.3, -0.25) is 14.4 Å². The van der Waals surface area contributed by atoms with Gasteiger partial charge in [0.05, 0.1) is 16.8 Å². The molecule has 0 fully saturated rings. The molecule has 1 aliphatic heterocycles. The molecule has 0 N–H and O–H groups in total. The van der Waals surface area contributed by atoms with Crippen LogP contribution >= 0.6 is 0 Å². The molecule has 110 valence electrons. The lowest BCUT2D eigenvalue weighted by Crippen LogP contribution is -2.29. The summed E-state index contributed by atoms with van der Waals surface area (Å²) in [5.74, 6) is -0.853. The van der Waals surface area contributed by atoms with E-state index in [2.05, 4.69) is 0 Å². The van der Waals surface area contributed by atoms with E-state index in [9.17, 15) is 14.4 Å². The molecule has 0 saturated heterocycles.